The molecule has 3 nitrogen and oxygen atoms in total. The summed E-state index contributed by atoms with van der Waals surface area (Å²) in [6.45, 7) is 4.63. The van der Waals surface area contributed by atoms with Crippen LogP contribution in [0.5, 0.6) is 0 Å². The first kappa shape index (κ1) is 37.5. The van der Waals surface area contributed by atoms with Gasteiger partial charge >= 0.3 is 0 Å². The number of unbranched alkanes of at least 4 members (excludes halogenated alkanes) is 6. The second-order valence-corrected chi connectivity index (χ2v) is 16.1. The van der Waals surface area contributed by atoms with Gasteiger partial charge in [0.1, 0.15) is 0 Å². The van der Waals surface area contributed by atoms with E-state index < -0.39 is 0 Å². The molecule has 0 radical (unpaired) electrons. The van der Waals surface area contributed by atoms with E-state index in [1.165, 1.54) is 91.3 Å². The average Bonchev–Trinajstić information content (AvgIpc) is 3.84. The van der Waals surface area contributed by atoms with Gasteiger partial charge in [-0.25, -0.2) is 4.98 Å². The highest BCUT2D eigenvalue weighted by Gasteiger charge is 2.42. The van der Waals surface area contributed by atoms with E-state index in [1.54, 1.807) is 11.1 Å². The van der Waals surface area contributed by atoms with Crippen LogP contribution in [0.15, 0.2) is 139 Å². The minimum Gasteiger partial charge on any atom is -0.255 e. The third kappa shape index (κ3) is 7.94. The topological polar surface area (TPSA) is 38.7 Å². The number of hydrogen-bond acceptors (Lipinski definition) is 4. The Morgan fingerprint density at radius 3 is 1.79 bits per heavy atom. The number of nitrogens with zero attached hydrogens (tertiary/aromatic N) is 3. The molecule has 0 N–H and O–H groups in total. The molecule has 0 saturated carbocycles. The highest BCUT2D eigenvalue weighted by Crippen LogP contribution is 2.55. The van der Waals surface area contributed by atoms with Crippen molar-refractivity contribution >= 4 is 23.5 Å². The van der Waals surface area contributed by atoms with Crippen LogP contribution in [0, 0.1) is 0 Å². The molecule has 1 aliphatic rings. The number of aromatic nitrogens is 3. The summed E-state index contributed by atoms with van der Waals surface area (Å²) in [4.78, 5) is 15.5. The van der Waals surface area contributed by atoms with Crippen molar-refractivity contribution in [3.63, 3.8) is 0 Å². The predicted molar refractivity (Wildman–Crippen MR) is 239 cm³/mol. The second kappa shape index (κ2) is 17.6. The lowest BCUT2D eigenvalue weighted by atomic mass is 9.70. The third-order valence-electron chi connectivity index (χ3n) is 11.5. The van der Waals surface area contributed by atoms with E-state index in [0.717, 1.165) is 39.5 Å². The van der Waals surface area contributed by atoms with Gasteiger partial charge in [0, 0.05) is 22.7 Å². The number of hydrogen-bond donors (Lipinski definition) is 0. The molecule has 0 aliphatic heterocycles. The number of fused-ring (bicyclic) bond motifs is 3. The first-order chi connectivity index (χ1) is 27.7. The minimum absolute atomic E-state index is 0.0873. The molecule has 4 heteroatoms. The van der Waals surface area contributed by atoms with Gasteiger partial charge in [0.15, 0.2) is 0 Å². The predicted octanol–water partition coefficient (Wildman–Crippen LogP) is 15.0. The summed E-state index contributed by atoms with van der Waals surface area (Å²) in [6, 6.07) is 43.8. The summed E-state index contributed by atoms with van der Waals surface area (Å²) in [5, 5.41) is 2.24. The van der Waals surface area contributed by atoms with Gasteiger partial charge in [-0.1, -0.05) is 150 Å². The van der Waals surface area contributed by atoms with Gasteiger partial charge in [-0.05, 0) is 117 Å². The molecule has 0 fully saturated rings. The molecule has 8 rings (SSSR count). The zero-order chi connectivity index (χ0) is 38.2. The van der Waals surface area contributed by atoms with Crippen LogP contribution in [0.2, 0.25) is 0 Å². The Hall–Kier alpha value is -5.45. The van der Waals surface area contributed by atoms with Crippen molar-refractivity contribution in [2.45, 2.75) is 83.5 Å². The third-order valence-corrected chi connectivity index (χ3v) is 12.5. The van der Waals surface area contributed by atoms with Crippen molar-refractivity contribution in [3.05, 3.63) is 161 Å². The van der Waals surface area contributed by atoms with Crippen LogP contribution < -0.4 is 0 Å². The van der Waals surface area contributed by atoms with Crippen molar-refractivity contribution in [2.75, 3.05) is 0 Å². The lowest BCUT2D eigenvalue weighted by molar-refractivity contribution is 0.401. The molecule has 4 heterocycles. The molecule has 0 unspecified atom stereocenters. The van der Waals surface area contributed by atoms with E-state index >= 15 is 0 Å². The molecule has 0 spiro atoms. The van der Waals surface area contributed by atoms with Crippen LogP contribution in [0.4, 0.5) is 0 Å². The van der Waals surface area contributed by atoms with Gasteiger partial charge in [0.25, 0.3) is 0 Å². The van der Waals surface area contributed by atoms with Crippen molar-refractivity contribution in [3.8, 4) is 55.5 Å². The Balaban J connectivity index is 1.08. The van der Waals surface area contributed by atoms with Gasteiger partial charge in [0.2, 0.25) is 0 Å². The van der Waals surface area contributed by atoms with E-state index in [-0.39, 0.29) is 5.41 Å². The Labute approximate surface area is 337 Å². The summed E-state index contributed by atoms with van der Waals surface area (Å²) in [5.74, 6) is 0. The van der Waals surface area contributed by atoms with E-state index in [0.29, 0.717) is 0 Å². The van der Waals surface area contributed by atoms with Crippen molar-refractivity contribution < 1.29 is 0 Å². The first-order valence-corrected chi connectivity index (χ1v) is 21.5. The molecule has 3 aromatic carbocycles. The van der Waals surface area contributed by atoms with E-state index in [1.807, 2.05) is 60.1 Å². The van der Waals surface area contributed by atoms with Crippen LogP contribution in [0.3, 0.4) is 0 Å². The first-order valence-electron chi connectivity index (χ1n) is 20.6. The maximum absolute atomic E-state index is 4.95. The Morgan fingerprint density at radius 1 is 0.518 bits per heavy atom. The summed E-state index contributed by atoms with van der Waals surface area (Å²) in [6.07, 6.45) is 21.0. The average molecular weight is 750 g/mol. The summed E-state index contributed by atoms with van der Waals surface area (Å²) in [7, 11) is 0. The quantitative estimate of drug-likeness (QED) is 0.0924. The van der Waals surface area contributed by atoms with Gasteiger partial charge in [0.05, 0.1) is 22.8 Å². The number of rotatable bonds is 16. The molecular weight excluding hydrogens is 699 g/mol. The minimum atomic E-state index is 0.0873. The fourth-order valence-electron chi connectivity index (χ4n) is 8.61. The summed E-state index contributed by atoms with van der Waals surface area (Å²) >= 11 is 1.85. The molecule has 0 bridgehead atoms. The van der Waals surface area contributed by atoms with Crippen molar-refractivity contribution in [2.24, 2.45) is 0 Å². The Kier molecular flexibility index (Phi) is 11.8. The number of benzene rings is 3. The smallest absolute Gasteiger partial charge is 0.0900 e. The van der Waals surface area contributed by atoms with Gasteiger partial charge in [-0.3, -0.25) is 9.97 Å². The fraction of sp³-hybridized carbons (Fsp3) is 0.250. The molecule has 4 aromatic heterocycles. The lowest BCUT2D eigenvalue weighted by Gasteiger charge is -2.33. The van der Waals surface area contributed by atoms with Crippen LogP contribution in [0.25, 0.3) is 67.6 Å². The summed E-state index contributed by atoms with van der Waals surface area (Å²) in [5.41, 5.74) is 15.4. The number of thiophene rings is 1. The molecule has 0 amide bonds. The fourth-order valence-corrected chi connectivity index (χ4v) is 9.50. The molecule has 7 aromatic rings. The van der Waals surface area contributed by atoms with E-state index in [9.17, 15) is 0 Å². The Bertz CT molecular complexity index is 2320. The van der Waals surface area contributed by atoms with Gasteiger partial charge in [-0.2, -0.15) is 0 Å². The summed E-state index contributed by atoms with van der Waals surface area (Å²) < 4.78 is 0. The zero-order valence-electron chi connectivity index (χ0n) is 32.8. The normalized spacial score (nSPS) is 12.9. The van der Waals surface area contributed by atoms with Crippen LogP contribution in [-0.2, 0) is 5.41 Å². The highest BCUT2D eigenvalue weighted by atomic mass is 32.1. The van der Waals surface area contributed by atoms with Gasteiger partial charge < -0.3 is 0 Å². The molecular formula is C52H51N3S. The Morgan fingerprint density at radius 2 is 1.14 bits per heavy atom. The standard InChI is InChI=1S/C52H51N3S/c1-3-5-7-13-30-52(31-14-8-6-4-2)45-18-10-9-17-43(45)44-28-27-41(35-46(44)52)51-40(29-34-56-51)26-23-38-21-24-39(25-22-38)42-36-49(47-19-11-15-32-53-47)55-50(37-42)48-20-12-16-33-54-48/h9-12,15-29,32-37H,3-8,13-14,30-31H2,1-2H3/b26-23-. The van der Waals surface area contributed by atoms with E-state index in [4.69, 9.17) is 4.98 Å². The monoisotopic (exact) mass is 749 g/mol. The van der Waals surface area contributed by atoms with Gasteiger partial charge in [-0.15, -0.1) is 11.3 Å². The highest BCUT2D eigenvalue weighted by molar-refractivity contribution is 7.13. The van der Waals surface area contributed by atoms with Crippen molar-refractivity contribution in [1.82, 2.24) is 15.0 Å². The van der Waals surface area contributed by atoms with Crippen LogP contribution in [-0.4, -0.2) is 15.0 Å². The van der Waals surface area contributed by atoms with Crippen molar-refractivity contribution in [1.29, 1.82) is 0 Å². The second-order valence-electron chi connectivity index (χ2n) is 15.2. The van der Waals surface area contributed by atoms with Crippen LogP contribution in [0.1, 0.15) is 100 Å². The SMILES string of the molecule is CCCCCCC1(CCCCCC)c2ccccc2-c2ccc(-c3sccc3/C=C\c3ccc(-c4cc(-c5ccccn5)nc(-c5ccccn5)c4)cc3)cc21. The van der Waals surface area contributed by atoms with Crippen LogP contribution >= 0.6 is 11.3 Å². The molecule has 56 heavy (non-hydrogen) atoms. The molecule has 0 atom stereocenters. The molecule has 0 saturated heterocycles. The zero-order valence-corrected chi connectivity index (χ0v) is 33.6. The maximum Gasteiger partial charge on any atom is 0.0900 e. The molecule has 280 valence electrons. The number of pyridine rings is 3. The maximum atomic E-state index is 4.95. The molecule has 1 aliphatic carbocycles. The van der Waals surface area contributed by atoms with E-state index in [2.05, 4.69) is 126 Å². The lowest BCUT2D eigenvalue weighted by Crippen LogP contribution is -2.25. The largest absolute Gasteiger partial charge is 0.255 e.